The number of aromatic nitrogens is 3. The second kappa shape index (κ2) is 4.84. The van der Waals surface area contributed by atoms with Gasteiger partial charge >= 0.3 is 0 Å². The predicted octanol–water partition coefficient (Wildman–Crippen LogP) is 0.607. The summed E-state index contributed by atoms with van der Waals surface area (Å²) in [5.74, 6) is -0.807. The highest BCUT2D eigenvalue weighted by molar-refractivity contribution is 6.07. The number of hydrogen-bond acceptors (Lipinski definition) is 4. The molecule has 88 valence electrons. The SMILES string of the molecule is NCCn1cc(C(=O)c2cccc(F)c2)nn1. The number of ketones is 1. The van der Waals surface area contributed by atoms with Gasteiger partial charge in [0.15, 0.2) is 5.69 Å². The third kappa shape index (κ3) is 2.54. The number of carbonyl (C=O) groups excluding carboxylic acids is 1. The van der Waals surface area contributed by atoms with E-state index in [2.05, 4.69) is 10.3 Å². The van der Waals surface area contributed by atoms with Crippen LogP contribution in [0, 0.1) is 5.82 Å². The van der Waals surface area contributed by atoms with Gasteiger partial charge in [0.05, 0.1) is 12.7 Å². The van der Waals surface area contributed by atoms with E-state index in [1.54, 1.807) is 0 Å². The number of nitrogens with zero attached hydrogens (tertiary/aromatic N) is 3. The lowest BCUT2D eigenvalue weighted by Gasteiger charge is -1.96. The molecule has 0 saturated carbocycles. The van der Waals surface area contributed by atoms with Gasteiger partial charge in [0.25, 0.3) is 0 Å². The minimum Gasteiger partial charge on any atom is -0.329 e. The molecule has 1 aromatic heterocycles. The van der Waals surface area contributed by atoms with Gasteiger partial charge in [-0.2, -0.15) is 0 Å². The summed E-state index contributed by atoms with van der Waals surface area (Å²) in [6, 6.07) is 5.46. The Kier molecular flexibility index (Phi) is 3.24. The summed E-state index contributed by atoms with van der Waals surface area (Å²) >= 11 is 0. The standard InChI is InChI=1S/C11H11FN4O/c12-9-3-1-2-8(6-9)11(17)10-7-16(5-4-13)15-14-10/h1-3,6-7H,4-5,13H2. The van der Waals surface area contributed by atoms with Crippen LogP contribution in [0.1, 0.15) is 16.1 Å². The molecule has 0 spiro atoms. The fourth-order valence-electron chi connectivity index (χ4n) is 1.42. The Morgan fingerprint density at radius 2 is 2.29 bits per heavy atom. The number of rotatable bonds is 4. The van der Waals surface area contributed by atoms with Gasteiger partial charge in [-0.3, -0.25) is 9.48 Å². The highest BCUT2D eigenvalue weighted by atomic mass is 19.1. The van der Waals surface area contributed by atoms with Gasteiger partial charge < -0.3 is 5.73 Å². The monoisotopic (exact) mass is 234 g/mol. The summed E-state index contributed by atoms with van der Waals surface area (Å²) in [6.07, 6.45) is 1.50. The lowest BCUT2D eigenvalue weighted by Crippen LogP contribution is -2.10. The Morgan fingerprint density at radius 3 is 3.00 bits per heavy atom. The summed E-state index contributed by atoms with van der Waals surface area (Å²) in [5.41, 5.74) is 5.79. The molecule has 0 fully saturated rings. The van der Waals surface area contributed by atoms with Crippen LogP contribution in [0.15, 0.2) is 30.5 Å². The molecule has 2 N–H and O–H groups in total. The van der Waals surface area contributed by atoms with Gasteiger partial charge in [0.1, 0.15) is 5.82 Å². The number of nitrogens with two attached hydrogens (primary N) is 1. The lowest BCUT2D eigenvalue weighted by atomic mass is 10.1. The summed E-state index contributed by atoms with van der Waals surface area (Å²) in [7, 11) is 0. The zero-order valence-electron chi connectivity index (χ0n) is 9.01. The first-order valence-corrected chi connectivity index (χ1v) is 5.11. The van der Waals surface area contributed by atoms with Gasteiger partial charge in [-0.05, 0) is 12.1 Å². The lowest BCUT2D eigenvalue weighted by molar-refractivity contribution is 0.103. The zero-order chi connectivity index (χ0) is 12.3. The van der Waals surface area contributed by atoms with Crippen molar-refractivity contribution in [3.63, 3.8) is 0 Å². The normalized spacial score (nSPS) is 10.5. The summed E-state index contributed by atoms with van der Waals surface area (Å²) in [4.78, 5) is 11.9. The fraction of sp³-hybridized carbons (Fsp3) is 0.182. The topological polar surface area (TPSA) is 73.8 Å². The molecule has 0 bridgehead atoms. The molecular formula is C11H11FN4O. The van der Waals surface area contributed by atoms with Crippen molar-refractivity contribution in [2.24, 2.45) is 5.73 Å². The Hall–Kier alpha value is -2.08. The van der Waals surface area contributed by atoms with E-state index in [4.69, 9.17) is 5.73 Å². The Labute approximate surface area is 97.0 Å². The van der Waals surface area contributed by atoms with Crippen LogP contribution in [-0.4, -0.2) is 27.3 Å². The van der Waals surface area contributed by atoms with Crippen molar-refractivity contribution in [2.75, 3.05) is 6.54 Å². The Bertz CT molecular complexity index is 538. The Morgan fingerprint density at radius 1 is 1.47 bits per heavy atom. The van der Waals surface area contributed by atoms with E-state index in [1.807, 2.05) is 0 Å². The van der Waals surface area contributed by atoms with Crippen molar-refractivity contribution in [1.82, 2.24) is 15.0 Å². The average molecular weight is 234 g/mol. The number of carbonyl (C=O) groups is 1. The Balaban J connectivity index is 2.24. The molecule has 0 unspecified atom stereocenters. The maximum Gasteiger partial charge on any atom is 0.214 e. The fourth-order valence-corrected chi connectivity index (χ4v) is 1.42. The minimum atomic E-state index is -0.454. The molecule has 6 heteroatoms. The summed E-state index contributed by atoms with van der Waals surface area (Å²) in [6.45, 7) is 0.903. The zero-order valence-corrected chi connectivity index (χ0v) is 9.01. The molecule has 0 radical (unpaired) electrons. The second-order valence-electron chi connectivity index (χ2n) is 3.50. The smallest absolute Gasteiger partial charge is 0.214 e. The molecule has 0 aliphatic heterocycles. The first-order chi connectivity index (χ1) is 8.20. The van der Waals surface area contributed by atoms with Crippen LogP contribution in [-0.2, 0) is 6.54 Å². The van der Waals surface area contributed by atoms with Gasteiger partial charge in [-0.25, -0.2) is 4.39 Å². The van der Waals surface area contributed by atoms with Crippen LogP contribution in [0.4, 0.5) is 4.39 Å². The molecular weight excluding hydrogens is 223 g/mol. The van der Waals surface area contributed by atoms with Gasteiger partial charge in [0.2, 0.25) is 5.78 Å². The number of hydrogen-bond donors (Lipinski definition) is 1. The number of halogens is 1. The molecule has 2 aromatic rings. The number of benzene rings is 1. The van der Waals surface area contributed by atoms with E-state index in [0.717, 1.165) is 0 Å². The van der Waals surface area contributed by atoms with Crippen molar-refractivity contribution in [2.45, 2.75) is 6.54 Å². The van der Waals surface area contributed by atoms with Crippen LogP contribution in [0.2, 0.25) is 0 Å². The molecule has 0 saturated heterocycles. The maximum atomic E-state index is 13.0. The predicted molar refractivity (Wildman–Crippen MR) is 58.9 cm³/mol. The van der Waals surface area contributed by atoms with E-state index in [9.17, 15) is 9.18 Å². The van der Waals surface area contributed by atoms with E-state index in [1.165, 1.54) is 35.1 Å². The molecule has 0 aliphatic rings. The molecule has 1 heterocycles. The molecule has 2 rings (SSSR count). The van der Waals surface area contributed by atoms with E-state index in [-0.39, 0.29) is 17.0 Å². The average Bonchev–Trinajstić information content (AvgIpc) is 2.77. The second-order valence-corrected chi connectivity index (χ2v) is 3.50. The van der Waals surface area contributed by atoms with Crippen LogP contribution in [0.25, 0.3) is 0 Å². The first-order valence-electron chi connectivity index (χ1n) is 5.11. The first kappa shape index (κ1) is 11.4. The van der Waals surface area contributed by atoms with Crippen LogP contribution < -0.4 is 5.73 Å². The highest BCUT2D eigenvalue weighted by Gasteiger charge is 2.13. The van der Waals surface area contributed by atoms with Crippen LogP contribution >= 0.6 is 0 Å². The van der Waals surface area contributed by atoms with Crippen molar-refractivity contribution < 1.29 is 9.18 Å². The molecule has 0 aliphatic carbocycles. The molecule has 0 amide bonds. The van der Waals surface area contributed by atoms with E-state index < -0.39 is 5.82 Å². The van der Waals surface area contributed by atoms with Gasteiger partial charge in [-0.15, -0.1) is 5.10 Å². The van der Waals surface area contributed by atoms with Crippen LogP contribution in [0.3, 0.4) is 0 Å². The maximum absolute atomic E-state index is 13.0. The van der Waals surface area contributed by atoms with E-state index >= 15 is 0 Å². The van der Waals surface area contributed by atoms with Gasteiger partial charge in [0, 0.05) is 12.1 Å². The van der Waals surface area contributed by atoms with Crippen molar-refractivity contribution >= 4 is 5.78 Å². The summed E-state index contributed by atoms with van der Waals surface area (Å²) < 4.78 is 14.4. The largest absolute Gasteiger partial charge is 0.329 e. The molecule has 1 aromatic carbocycles. The highest BCUT2D eigenvalue weighted by Crippen LogP contribution is 2.08. The summed E-state index contributed by atoms with van der Waals surface area (Å²) in [5, 5.41) is 7.47. The van der Waals surface area contributed by atoms with Crippen LogP contribution in [0.5, 0.6) is 0 Å². The van der Waals surface area contributed by atoms with E-state index in [0.29, 0.717) is 13.1 Å². The third-order valence-corrected chi connectivity index (χ3v) is 2.22. The van der Waals surface area contributed by atoms with Crippen molar-refractivity contribution in [3.8, 4) is 0 Å². The third-order valence-electron chi connectivity index (χ3n) is 2.22. The molecule has 0 atom stereocenters. The minimum absolute atomic E-state index is 0.184. The molecule has 5 nitrogen and oxygen atoms in total. The van der Waals surface area contributed by atoms with Crippen molar-refractivity contribution in [3.05, 3.63) is 47.5 Å². The van der Waals surface area contributed by atoms with Crippen molar-refractivity contribution in [1.29, 1.82) is 0 Å². The van der Waals surface area contributed by atoms with Gasteiger partial charge in [-0.1, -0.05) is 17.3 Å². The quantitative estimate of drug-likeness (QED) is 0.786. The molecule has 17 heavy (non-hydrogen) atoms.